The number of nitro groups is 1. The second-order valence-corrected chi connectivity index (χ2v) is 3.99. The van der Waals surface area contributed by atoms with Gasteiger partial charge in [0.15, 0.2) is 5.69 Å². The molecule has 0 radical (unpaired) electrons. The molecule has 1 aliphatic rings. The van der Waals surface area contributed by atoms with E-state index in [4.69, 9.17) is 10.5 Å². The fourth-order valence-corrected chi connectivity index (χ4v) is 1.83. The van der Waals surface area contributed by atoms with Gasteiger partial charge in [0.05, 0.1) is 12.7 Å². The number of nitrogens with one attached hydrogen (secondary N) is 1. The first-order valence-electron chi connectivity index (χ1n) is 5.56. The Kier molecular flexibility index (Phi) is 5.28. The van der Waals surface area contributed by atoms with Crippen molar-refractivity contribution in [3.63, 3.8) is 0 Å². The second-order valence-electron chi connectivity index (χ2n) is 3.99. The molecule has 1 aliphatic heterocycles. The van der Waals surface area contributed by atoms with E-state index in [0.29, 0.717) is 26.2 Å². The molecule has 1 amide bonds. The number of aromatic nitrogens is 1. The number of nitrogens with zero attached hydrogens (tertiary/aromatic N) is 2. The summed E-state index contributed by atoms with van der Waals surface area (Å²) in [4.78, 5) is 26.1. The number of morpholine rings is 1. The van der Waals surface area contributed by atoms with Crippen molar-refractivity contribution in [2.75, 3.05) is 26.2 Å². The number of H-pyrrole nitrogens is 1. The highest BCUT2D eigenvalue weighted by atomic mass is 35.5. The van der Waals surface area contributed by atoms with Gasteiger partial charge in [-0.15, -0.1) is 12.4 Å². The van der Waals surface area contributed by atoms with E-state index in [1.165, 1.54) is 12.1 Å². The number of ether oxygens (including phenoxy) is 1. The molecular formula is C10H15ClN4O4. The lowest BCUT2D eigenvalue weighted by Gasteiger charge is -2.31. The van der Waals surface area contributed by atoms with Crippen LogP contribution in [-0.2, 0) is 4.74 Å². The Balaban J connectivity index is 0.00000180. The largest absolute Gasteiger partial charge is 0.373 e. The van der Waals surface area contributed by atoms with Crippen LogP contribution in [0.1, 0.15) is 10.5 Å². The van der Waals surface area contributed by atoms with Gasteiger partial charge < -0.3 is 25.5 Å². The number of hydrogen-bond donors (Lipinski definition) is 2. The Bertz CT molecular complexity index is 464. The Labute approximate surface area is 115 Å². The lowest BCUT2D eigenvalue weighted by Crippen LogP contribution is -2.48. The smallest absolute Gasteiger partial charge is 0.321 e. The quantitative estimate of drug-likeness (QED) is 0.607. The Morgan fingerprint density at radius 3 is 2.95 bits per heavy atom. The van der Waals surface area contributed by atoms with Crippen LogP contribution in [0.4, 0.5) is 5.82 Å². The maximum Gasteiger partial charge on any atom is 0.321 e. The van der Waals surface area contributed by atoms with Gasteiger partial charge in [-0.05, 0) is 11.0 Å². The molecule has 3 N–H and O–H groups in total. The van der Waals surface area contributed by atoms with Gasteiger partial charge in [0.25, 0.3) is 5.91 Å². The van der Waals surface area contributed by atoms with E-state index < -0.39 is 4.92 Å². The van der Waals surface area contributed by atoms with Crippen molar-refractivity contribution in [1.29, 1.82) is 0 Å². The topological polar surface area (TPSA) is 114 Å². The Morgan fingerprint density at radius 2 is 2.37 bits per heavy atom. The van der Waals surface area contributed by atoms with Crippen molar-refractivity contribution in [2.24, 2.45) is 5.73 Å². The maximum absolute atomic E-state index is 12.1. The van der Waals surface area contributed by atoms with Crippen LogP contribution in [0.15, 0.2) is 12.1 Å². The van der Waals surface area contributed by atoms with Crippen molar-refractivity contribution in [3.8, 4) is 0 Å². The minimum Gasteiger partial charge on any atom is -0.373 e. The summed E-state index contributed by atoms with van der Waals surface area (Å²) in [5.41, 5.74) is 5.70. The van der Waals surface area contributed by atoms with Crippen LogP contribution >= 0.6 is 12.4 Å². The molecule has 0 aromatic carbocycles. The molecule has 1 aromatic rings. The molecule has 2 rings (SSSR count). The summed E-state index contributed by atoms with van der Waals surface area (Å²) in [5, 5.41) is 10.5. The highest BCUT2D eigenvalue weighted by Gasteiger charge is 2.27. The lowest BCUT2D eigenvalue weighted by atomic mass is 10.2. The molecular weight excluding hydrogens is 276 g/mol. The summed E-state index contributed by atoms with van der Waals surface area (Å²) in [6.07, 6.45) is -0.173. The van der Waals surface area contributed by atoms with Crippen LogP contribution in [0.2, 0.25) is 0 Å². The van der Waals surface area contributed by atoms with Gasteiger partial charge in [-0.1, -0.05) is 0 Å². The first kappa shape index (κ1) is 15.4. The zero-order valence-electron chi connectivity index (χ0n) is 10.1. The SMILES string of the molecule is Cl.NCC1CN(C(=O)c2ccc([N+](=O)[O-])[nH]2)CCO1. The van der Waals surface area contributed by atoms with Crippen LogP contribution in [0, 0.1) is 10.1 Å². The van der Waals surface area contributed by atoms with Gasteiger partial charge in [0.2, 0.25) is 0 Å². The monoisotopic (exact) mass is 290 g/mol. The van der Waals surface area contributed by atoms with Gasteiger partial charge in [-0.3, -0.25) is 4.79 Å². The molecule has 106 valence electrons. The number of nitrogens with two attached hydrogens (primary N) is 1. The third kappa shape index (κ3) is 3.43. The second kappa shape index (κ2) is 6.50. The lowest BCUT2D eigenvalue weighted by molar-refractivity contribution is -0.389. The maximum atomic E-state index is 12.1. The van der Waals surface area contributed by atoms with Crippen molar-refractivity contribution in [1.82, 2.24) is 9.88 Å². The number of hydrogen-bond acceptors (Lipinski definition) is 5. The molecule has 0 bridgehead atoms. The summed E-state index contributed by atoms with van der Waals surface area (Å²) >= 11 is 0. The van der Waals surface area contributed by atoms with E-state index in [2.05, 4.69) is 4.98 Å². The zero-order valence-corrected chi connectivity index (χ0v) is 10.9. The molecule has 2 heterocycles. The van der Waals surface area contributed by atoms with Crippen LogP contribution < -0.4 is 5.73 Å². The van der Waals surface area contributed by atoms with Crippen molar-refractivity contribution in [3.05, 3.63) is 27.9 Å². The normalized spacial score (nSPS) is 18.8. The fraction of sp³-hybridized carbons (Fsp3) is 0.500. The molecule has 1 unspecified atom stereocenters. The summed E-state index contributed by atoms with van der Waals surface area (Å²) in [7, 11) is 0. The van der Waals surface area contributed by atoms with Crippen LogP contribution in [0.5, 0.6) is 0 Å². The fourth-order valence-electron chi connectivity index (χ4n) is 1.83. The van der Waals surface area contributed by atoms with E-state index in [1.54, 1.807) is 4.90 Å². The molecule has 19 heavy (non-hydrogen) atoms. The summed E-state index contributed by atoms with van der Waals surface area (Å²) in [6.45, 7) is 1.63. The first-order valence-corrected chi connectivity index (χ1v) is 5.56. The van der Waals surface area contributed by atoms with Crippen molar-refractivity contribution in [2.45, 2.75) is 6.10 Å². The van der Waals surface area contributed by atoms with Gasteiger partial charge in [0.1, 0.15) is 0 Å². The molecule has 9 heteroatoms. The Hall–Kier alpha value is -1.64. The van der Waals surface area contributed by atoms with Crippen molar-refractivity contribution < 1.29 is 14.5 Å². The number of carbonyl (C=O) groups is 1. The standard InChI is InChI=1S/C10H14N4O4.ClH/c11-5-7-6-13(3-4-18-7)10(15)8-1-2-9(12-8)14(16)17;/h1-2,7,12H,3-6,11H2;1H. The number of amides is 1. The molecule has 8 nitrogen and oxygen atoms in total. The molecule has 1 atom stereocenters. The van der Waals surface area contributed by atoms with E-state index in [1.807, 2.05) is 0 Å². The minimum atomic E-state index is -0.571. The molecule has 1 fully saturated rings. The molecule has 0 aliphatic carbocycles. The number of rotatable bonds is 3. The van der Waals surface area contributed by atoms with E-state index in [9.17, 15) is 14.9 Å². The molecule has 1 aromatic heterocycles. The van der Waals surface area contributed by atoms with Crippen LogP contribution in [0.3, 0.4) is 0 Å². The van der Waals surface area contributed by atoms with Gasteiger partial charge in [0, 0.05) is 25.7 Å². The predicted molar refractivity (Wildman–Crippen MR) is 69.4 cm³/mol. The Morgan fingerprint density at radius 1 is 1.63 bits per heavy atom. The van der Waals surface area contributed by atoms with Gasteiger partial charge in [-0.2, -0.15) is 0 Å². The summed E-state index contributed by atoms with van der Waals surface area (Å²) < 4.78 is 5.35. The molecule has 0 saturated carbocycles. The third-order valence-electron chi connectivity index (χ3n) is 2.79. The third-order valence-corrected chi connectivity index (χ3v) is 2.79. The van der Waals surface area contributed by atoms with E-state index in [-0.39, 0.29) is 35.9 Å². The highest BCUT2D eigenvalue weighted by molar-refractivity contribution is 5.93. The molecule has 1 saturated heterocycles. The summed E-state index contributed by atoms with van der Waals surface area (Å²) in [5.74, 6) is -0.466. The van der Waals surface area contributed by atoms with Crippen LogP contribution in [0.25, 0.3) is 0 Å². The summed E-state index contributed by atoms with van der Waals surface area (Å²) in [6, 6.07) is 2.68. The van der Waals surface area contributed by atoms with E-state index in [0.717, 1.165) is 0 Å². The van der Waals surface area contributed by atoms with E-state index >= 15 is 0 Å². The van der Waals surface area contributed by atoms with Gasteiger partial charge in [-0.25, -0.2) is 4.98 Å². The first-order chi connectivity index (χ1) is 8.61. The average Bonchev–Trinajstić information content (AvgIpc) is 2.87. The number of aromatic amines is 1. The predicted octanol–water partition coefficient (Wildman–Crippen LogP) is 0.144. The minimum absolute atomic E-state index is 0. The number of halogens is 1. The average molecular weight is 291 g/mol. The van der Waals surface area contributed by atoms with Gasteiger partial charge >= 0.3 is 5.82 Å². The van der Waals surface area contributed by atoms with Crippen molar-refractivity contribution >= 4 is 24.1 Å². The number of carbonyl (C=O) groups excluding carboxylic acids is 1. The zero-order chi connectivity index (χ0) is 13.1. The molecule has 0 spiro atoms. The highest BCUT2D eigenvalue weighted by Crippen LogP contribution is 2.14. The van der Waals surface area contributed by atoms with Crippen LogP contribution in [-0.4, -0.2) is 53.1 Å².